The molecule has 0 spiro atoms. The van der Waals surface area contributed by atoms with Crippen LogP contribution in [-0.4, -0.2) is 72.9 Å². The molecule has 2 aromatic heterocycles. The van der Waals surface area contributed by atoms with Crippen molar-refractivity contribution in [1.29, 1.82) is 0 Å². The van der Waals surface area contributed by atoms with Crippen LogP contribution in [0.5, 0.6) is 0 Å². The molecule has 1 aliphatic carbocycles. The fraction of sp³-hybridized carbons (Fsp3) is 0.560. The maximum atomic E-state index is 14.3. The molecule has 3 heterocycles. The highest BCUT2D eigenvalue weighted by Crippen LogP contribution is 2.39. The summed E-state index contributed by atoms with van der Waals surface area (Å²) in [5.41, 5.74) is 0.641. The number of ether oxygens (including phenoxy) is 2. The lowest BCUT2D eigenvalue weighted by molar-refractivity contribution is -0.114. The number of allylic oxidation sites excluding steroid dienone is 2. The Morgan fingerprint density at radius 2 is 2.20 bits per heavy atom. The molecular formula is C25H34FN5O3S. The van der Waals surface area contributed by atoms with Gasteiger partial charge in [0.2, 0.25) is 0 Å². The van der Waals surface area contributed by atoms with Gasteiger partial charge in [-0.1, -0.05) is 0 Å². The first kappa shape index (κ1) is 25.7. The Bertz CT molecular complexity index is 1130. The standard InChI is InChI=1S/C25H34FN5O3S/c1-16-20-22(28-15-29-24(20)35-21(16)23(32)27-10-6-11-31(3)4)30-19-9-8-17(26)13-25(19,2)34-18-7-5-12-33-14-18/h8-9,15,18H,5-7,10-14H2,1-4H3,(H,27,32)(H,28,29,30). The maximum Gasteiger partial charge on any atom is 0.261 e. The number of anilines is 1. The summed E-state index contributed by atoms with van der Waals surface area (Å²) in [6, 6.07) is 0. The van der Waals surface area contributed by atoms with E-state index in [4.69, 9.17) is 9.47 Å². The summed E-state index contributed by atoms with van der Waals surface area (Å²) in [5, 5.41) is 7.18. The number of fused-ring (bicyclic) bond motifs is 1. The Morgan fingerprint density at radius 3 is 2.94 bits per heavy atom. The lowest BCUT2D eigenvalue weighted by atomic mass is 9.91. The highest BCUT2D eigenvalue weighted by molar-refractivity contribution is 7.20. The first-order valence-electron chi connectivity index (χ1n) is 12.0. The van der Waals surface area contributed by atoms with Crippen molar-refractivity contribution in [3.63, 3.8) is 0 Å². The van der Waals surface area contributed by atoms with Gasteiger partial charge in [-0.05, 0) is 71.5 Å². The molecule has 1 saturated heterocycles. The second-order valence-electron chi connectivity index (χ2n) is 9.55. The van der Waals surface area contributed by atoms with E-state index in [0.717, 1.165) is 48.2 Å². The minimum atomic E-state index is -0.891. The van der Waals surface area contributed by atoms with Gasteiger partial charge in [-0.15, -0.1) is 11.3 Å². The van der Waals surface area contributed by atoms with Crippen molar-refractivity contribution in [2.45, 2.75) is 51.2 Å². The quantitative estimate of drug-likeness (QED) is 0.496. The predicted octanol–water partition coefficient (Wildman–Crippen LogP) is 4.19. The summed E-state index contributed by atoms with van der Waals surface area (Å²) in [6.45, 7) is 6.54. The van der Waals surface area contributed by atoms with Crippen LogP contribution in [0.15, 0.2) is 30.0 Å². The third kappa shape index (κ3) is 6.06. The summed E-state index contributed by atoms with van der Waals surface area (Å²) < 4.78 is 26.3. The molecule has 2 aliphatic rings. The molecule has 2 N–H and O–H groups in total. The number of aromatic nitrogens is 2. The molecule has 10 heteroatoms. The SMILES string of the molecule is Cc1c(C(=O)NCCCN(C)C)sc2ncnc(NC3=CC=C(F)CC3(C)OC3CCCOC3)c12. The number of rotatable bonds is 9. The van der Waals surface area contributed by atoms with Gasteiger partial charge in [0.15, 0.2) is 0 Å². The average molecular weight is 504 g/mol. The first-order chi connectivity index (χ1) is 16.8. The summed E-state index contributed by atoms with van der Waals surface area (Å²) in [6.07, 6.45) is 7.34. The number of carbonyl (C=O) groups excluding carboxylic acids is 1. The molecule has 2 atom stereocenters. The fourth-order valence-corrected chi connectivity index (χ4v) is 5.53. The van der Waals surface area contributed by atoms with Gasteiger partial charge in [-0.25, -0.2) is 14.4 Å². The summed E-state index contributed by atoms with van der Waals surface area (Å²) in [7, 11) is 4.02. The molecule has 0 bridgehead atoms. The van der Waals surface area contributed by atoms with Gasteiger partial charge in [0, 0.05) is 25.3 Å². The van der Waals surface area contributed by atoms with Crippen LogP contribution < -0.4 is 10.6 Å². The van der Waals surface area contributed by atoms with E-state index >= 15 is 0 Å². The molecule has 0 saturated carbocycles. The second kappa shape index (κ2) is 11.1. The van der Waals surface area contributed by atoms with Crippen LogP contribution in [0.4, 0.5) is 10.2 Å². The second-order valence-corrected chi connectivity index (χ2v) is 10.6. The smallest absolute Gasteiger partial charge is 0.261 e. The Hall–Kier alpha value is -2.40. The third-order valence-electron chi connectivity index (χ3n) is 6.31. The molecule has 1 fully saturated rings. The molecule has 0 radical (unpaired) electrons. The van der Waals surface area contributed by atoms with Gasteiger partial charge in [0.1, 0.15) is 28.4 Å². The molecule has 8 nitrogen and oxygen atoms in total. The number of carbonyl (C=O) groups is 1. The van der Waals surface area contributed by atoms with E-state index < -0.39 is 5.60 Å². The molecule has 2 unspecified atom stereocenters. The molecule has 35 heavy (non-hydrogen) atoms. The normalized spacial score (nSPS) is 22.7. The van der Waals surface area contributed by atoms with E-state index in [-0.39, 0.29) is 24.3 Å². The molecule has 190 valence electrons. The van der Waals surface area contributed by atoms with E-state index in [2.05, 4.69) is 25.5 Å². The van der Waals surface area contributed by atoms with Crippen molar-refractivity contribution >= 4 is 33.3 Å². The van der Waals surface area contributed by atoms with Gasteiger partial charge in [-0.2, -0.15) is 0 Å². The number of thiophene rings is 1. The van der Waals surface area contributed by atoms with Gasteiger partial charge < -0.3 is 25.0 Å². The Kier molecular flexibility index (Phi) is 8.16. The topological polar surface area (TPSA) is 88.6 Å². The lowest BCUT2D eigenvalue weighted by Gasteiger charge is -2.38. The van der Waals surface area contributed by atoms with E-state index in [1.54, 1.807) is 6.08 Å². The summed E-state index contributed by atoms with van der Waals surface area (Å²) >= 11 is 1.35. The molecule has 1 amide bonds. The van der Waals surface area contributed by atoms with Crippen molar-refractivity contribution < 1.29 is 18.7 Å². The number of nitrogens with one attached hydrogen (secondary N) is 2. The number of halogens is 1. The van der Waals surface area contributed by atoms with Crippen molar-refractivity contribution in [2.24, 2.45) is 0 Å². The van der Waals surface area contributed by atoms with Gasteiger partial charge >= 0.3 is 0 Å². The zero-order valence-electron chi connectivity index (χ0n) is 20.8. The minimum Gasteiger partial charge on any atom is -0.379 e. The van der Waals surface area contributed by atoms with Gasteiger partial charge in [0.25, 0.3) is 5.91 Å². The van der Waals surface area contributed by atoms with E-state index in [0.29, 0.717) is 29.5 Å². The van der Waals surface area contributed by atoms with Crippen LogP contribution in [0.3, 0.4) is 0 Å². The van der Waals surface area contributed by atoms with Gasteiger partial charge in [-0.3, -0.25) is 4.79 Å². The predicted molar refractivity (Wildman–Crippen MR) is 137 cm³/mol. The van der Waals surface area contributed by atoms with Crippen molar-refractivity contribution in [3.8, 4) is 0 Å². The van der Waals surface area contributed by atoms with Crippen molar-refractivity contribution in [1.82, 2.24) is 20.2 Å². The lowest BCUT2D eigenvalue weighted by Crippen LogP contribution is -2.42. The number of amides is 1. The summed E-state index contributed by atoms with van der Waals surface area (Å²) in [5.74, 6) is 0.234. The monoisotopic (exact) mass is 503 g/mol. The number of aryl methyl sites for hydroxylation is 1. The third-order valence-corrected chi connectivity index (χ3v) is 7.50. The molecule has 0 aromatic carbocycles. The van der Waals surface area contributed by atoms with Crippen LogP contribution >= 0.6 is 11.3 Å². The van der Waals surface area contributed by atoms with Crippen LogP contribution in [0.2, 0.25) is 0 Å². The summed E-state index contributed by atoms with van der Waals surface area (Å²) in [4.78, 5) is 25.2. The fourth-order valence-electron chi connectivity index (χ4n) is 4.47. The number of nitrogens with zero attached hydrogens (tertiary/aromatic N) is 3. The van der Waals surface area contributed by atoms with E-state index in [9.17, 15) is 9.18 Å². The number of hydrogen-bond donors (Lipinski definition) is 2. The number of hydrogen-bond acceptors (Lipinski definition) is 8. The highest BCUT2D eigenvalue weighted by Gasteiger charge is 2.37. The Morgan fingerprint density at radius 1 is 1.37 bits per heavy atom. The minimum absolute atomic E-state index is 0.0963. The molecular weight excluding hydrogens is 469 g/mol. The molecule has 1 aliphatic heterocycles. The highest BCUT2D eigenvalue weighted by atomic mass is 32.1. The first-order valence-corrected chi connectivity index (χ1v) is 12.8. The Balaban J connectivity index is 1.56. The average Bonchev–Trinajstić information content (AvgIpc) is 3.16. The van der Waals surface area contributed by atoms with E-state index in [1.807, 2.05) is 27.9 Å². The molecule has 2 aromatic rings. The van der Waals surface area contributed by atoms with Crippen LogP contribution in [0, 0.1) is 6.92 Å². The van der Waals surface area contributed by atoms with Crippen LogP contribution in [0.1, 0.15) is 47.8 Å². The maximum absolute atomic E-state index is 14.3. The Labute approximate surface area is 209 Å². The zero-order chi connectivity index (χ0) is 25.0. The van der Waals surface area contributed by atoms with Crippen LogP contribution in [0.25, 0.3) is 10.2 Å². The largest absolute Gasteiger partial charge is 0.379 e. The van der Waals surface area contributed by atoms with Crippen molar-refractivity contribution in [2.75, 3.05) is 45.7 Å². The van der Waals surface area contributed by atoms with Crippen LogP contribution in [-0.2, 0) is 9.47 Å². The zero-order valence-corrected chi connectivity index (χ0v) is 21.6. The molecule has 4 rings (SSSR count). The van der Waals surface area contributed by atoms with Crippen molar-refractivity contribution in [3.05, 3.63) is 40.4 Å². The van der Waals surface area contributed by atoms with Gasteiger partial charge in [0.05, 0.1) is 23.0 Å². The van der Waals surface area contributed by atoms with E-state index in [1.165, 1.54) is 23.7 Å².